The van der Waals surface area contributed by atoms with Crippen LogP contribution < -0.4 is 5.32 Å². The minimum absolute atomic E-state index is 0.392. The number of hydrogen-bond donors (Lipinski definition) is 1. The lowest BCUT2D eigenvalue weighted by molar-refractivity contribution is 0.408. The normalized spacial score (nSPS) is 19.5. The lowest BCUT2D eigenvalue weighted by Crippen LogP contribution is -2.37. The molecule has 0 aromatic heterocycles. The largest absolute Gasteiger partial charge is 0.316 e. The van der Waals surface area contributed by atoms with Gasteiger partial charge in [-0.1, -0.05) is 25.0 Å². The van der Waals surface area contributed by atoms with Crippen LogP contribution in [0.3, 0.4) is 0 Å². The monoisotopic (exact) mass is 279 g/mol. The van der Waals surface area contributed by atoms with Gasteiger partial charge in [0.25, 0.3) is 0 Å². The van der Waals surface area contributed by atoms with Crippen LogP contribution in [0.25, 0.3) is 0 Å². The van der Waals surface area contributed by atoms with E-state index in [1.807, 2.05) is 7.05 Å². The van der Waals surface area contributed by atoms with Crippen molar-refractivity contribution < 1.29 is 4.21 Å². The van der Waals surface area contributed by atoms with E-state index >= 15 is 0 Å². The van der Waals surface area contributed by atoms with Gasteiger partial charge in [-0.2, -0.15) is 0 Å². The first-order valence-electron chi connectivity index (χ1n) is 7.24. The second-order valence-corrected chi connectivity index (χ2v) is 7.19. The van der Waals surface area contributed by atoms with Crippen molar-refractivity contribution in [3.8, 4) is 0 Å². The number of benzene rings is 1. The van der Waals surface area contributed by atoms with E-state index in [1.54, 1.807) is 0 Å². The third kappa shape index (κ3) is 3.67. The third-order valence-corrected chi connectivity index (χ3v) is 5.85. The Kier molecular flexibility index (Phi) is 5.17. The molecule has 0 amide bonds. The lowest BCUT2D eigenvalue weighted by Gasteiger charge is -2.22. The maximum absolute atomic E-state index is 12.6. The summed E-state index contributed by atoms with van der Waals surface area (Å²) in [6, 6.07) is 6.63. The van der Waals surface area contributed by atoms with Gasteiger partial charge < -0.3 is 5.32 Å². The fourth-order valence-electron chi connectivity index (χ4n) is 3.02. The van der Waals surface area contributed by atoms with Gasteiger partial charge in [-0.3, -0.25) is 4.21 Å². The van der Waals surface area contributed by atoms with Gasteiger partial charge in [0.15, 0.2) is 0 Å². The van der Waals surface area contributed by atoms with Crippen molar-refractivity contribution in [1.82, 2.24) is 5.32 Å². The zero-order valence-electron chi connectivity index (χ0n) is 12.2. The van der Waals surface area contributed by atoms with Crippen molar-refractivity contribution in [1.29, 1.82) is 0 Å². The first-order valence-corrected chi connectivity index (χ1v) is 8.56. The molecule has 106 valence electrons. The highest BCUT2D eigenvalue weighted by Gasteiger charge is 2.25. The molecule has 1 aliphatic rings. The summed E-state index contributed by atoms with van der Waals surface area (Å²) in [5.41, 5.74) is 2.33. The predicted octanol–water partition coefficient (Wildman–Crippen LogP) is 3.19. The summed E-state index contributed by atoms with van der Waals surface area (Å²) >= 11 is 0. The smallest absolute Gasteiger partial charge is 0.0548 e. The van der Waals surface area contributed by atoms with Gasteiger partial charge >= 0.3 is 0 Å². The molecule has 0 saturated heterocycles. The van der Waals surface area contributed by atoms with E-state index in [2.05, 4.69) is 37.4 Å². The summed E-state index contributed by atoms with van der Waals surface area (Å²) in [4.78, 5) is 1.01. The molecular weight excluding hydrogens is 254 g/mol. The maximum atomic E-state index is 12.6. The van der Waals surface area contributed by atoms with Crippen LogP contribution in [0.4, 0.5) is 0 Å². The van der Waals surface area contributed by atoms with Crippen LogP contribution >= 0.6 is 0 Å². The predicted molar refractivity (Wildman–Crippen MR) is 82.0 cm³/mol. The van der Waals surface area contributed by atoms with E-state index in [4.69, 9.17) is 0 Å². The Balaban J connectivity index is 2.08. The Morgan fingerprint density at radius 1 is 1.32 bits per heavy atom. The van der Waals surface area contributed by atoms with Crippen LogP contribution in [0, 0.1) is 19.8 Å². The summed E-state index contributed by atoms with van der Waals surface area (Å²) in [5, 5.41) is 3.39. The van der Waals surface area contributed by atoms with Crippen molar-refractivity contribution in [3.05, 3.63) is 29.3 Å². The molecule has 0 radical (unpaired) electrons. The zero-order valence-corrected chi connectivity index (χ0v) is 13.1. The van der Waals surface area contributed by atoms with Gasteiger partial charge in [0, 0.05) is 16.7 Å². The molecule has 2 nitrogen and oxygen atoms in total. The van der Waals surface area contributed by atoms with Gasteiger partial charge in [0.1, 0.15) is 0 Å². The molecule has 0 heterocycles. The second kappa shape index (κ2) is 6.67. The summed E-state index contributed by atoms with van der Waals surface area (Å²) in [6.45, 7) is 4.11. The Bertz CT molecular complexity index is 452. The summed E-state index contributed by atoms with van der Waals surface area (Å²) in [6.07, 6.45) is 5.24. The molecule has 1 aromatic carbocycles. The number of hydrogen-bond acceptors (Lipinski definition) is 2. The molecule has 3 heteroatoms. The maximum Gasteiger partial charge on any atom is 0.0548 e. The summed E-state index contributed by atoms with van der Waals surface area (Å²) in [5.74, 6) is 1.45. The molecule has 0 bridgehead atoms. The Hall–Kier alpha value is -0.670. The highest BCUT2D eigenvalue weighted by molar-refractivity contribution is 7.85. The van der Waals surface area contributed by atoms with E-state index in [9.17, 15) is 4.21 Å². The van der Waals surface area contributed by atoms with Gasteiger partial charge in [0.2, 0.25) is 0 Å². The Morgan fingerprint density at radius 3 is 2.63 bits per heavy atom. The molecule has 1 N–H and O–H groups in total. The van der Waals surface area contributed by atoms with Gasteiger partial charge in [-0.05, 0) is 56.8 Å². The second-order valence-electron chi connectivity index (χ2n) is 5.72. The summed E-state index contributed by atoms with van der Waals surface area (Å²) in [7, 11) is 1.11. The molecule has 1 aromatic rings. The van der Waals surface area contributed by atoms with E-state index in [0.717, 1.165) is 16.2 Å². The molecule has 1 saturated carbocycles. The molecule has 0 spiro atoms. The van der Waals surface area contributed by atoms with Gasteiger partial charge in [-0.15, -0.1) is 0 Å². The number of rotatable bonds is 5. The molecule has 2 rings (SSSR count). The minimum atomic E-state index is -0.894. The number of aryl methyl sites for hydroxylation is 2. The SMILES string of the molecule is CNC(CS(=O)c1cc(C)ccc1C)C1CCCC1. The third-order valence-electron chi connectivity index (χ3n) is 4.26. The van der Waals surface area contributed by atoms with E-state index < -0.39 is 10.8 Å². The quantitative estimate of drug-likeness (QED) is 0.897. The van der Waals surface area contributed by atoms with Crippen LogP contribution in [0.2, 0.25) is 0 Å². The van der Waals surface area contributed by atoms with E-state index in [-0.39, 0.29) is 0 Å². The molecule has 1 fully saturated rings. The minimum Gasteiger partial charge on any atom is -0.316 e. The average Bonchev–Trinajstić information content (AvgIpc) is 2.92. The van der Waals surface area contributed by atoms with Crippen LogP contribution in [0.5, 0.6) is 0 Å². The molecule has 2 unspecified atom stereocenters. The molecule has 19 heavy (non-hydrogen) atoms. The van der Waals surface area contributed by atoms with Crippen LogP contribution in [-0.2, 0) is 10.8 Å². The first kappa shape index (κ1) is 14.7. The molecule has 2 atom stereocenters. The zero-order chi connectivity index (χ0) is 13.8. The molecule has 1 aliphatic carbocycles. The van der Waals surface area contributed by atoms with Crippen molar-refractivity contribution in [2.75, 3.05) is 12.8 Å². The van der Waals surface area contributed by atoms with Crippen LogP contribution in [-0.4, -0.2) is 23.1 Å². The van der Waals surface area contributed by atoms with Crippen molar-refractivity contribution in [2.45, 2.75) is 50.5 Å². The standard InChI is InChI=1S/C16H25NOS/c1-12-8-9-13(2)16(10-12)19(18)11-15(17-3)14-6-4-5-7-14/h8-10,14-15,17H,4-7,11H2,1-3H3. The molecule has 0 aliphatic heterocycles. The van der Waals surface area contributed by atoms with Crippen LogP contribution in [0.1, 0.15) is 36.8 Å². The van der Waals surface area contributed by atoms with Crippen LogP contribution in [0.15, 0.2) is 23.1 Å². The number of nitrogens with one attached hydrogen (secondary N) is 1. The van der Waals surface area contributed by atoms with Gasteiger partial charge in [-0.25, -0.2) is 0 Å². The average molecular weight is 279 g/mol. The topological polar surface area (TPSA) is 29.1 Å². The van der Waals surface area contributed by atoms with Crippen molar-refractivity contribution >= 4 is 10.8 Å². The Morgan fingerprint density at radius 2 is 2.00 bits per heavy atom. The molecular formula is C16H25NOS. The van der Waals surface area contributed by atoms with E-state index in [1.165, 1.54) is 31.2 Å². The lowest BCUT2D eigenvalue weighted by atomic mass is 10.0. The first-order chi connectivity index (χ1) is 9.11. The van der Waals surface area contributed by atoms with Gasteiger partial charge in [0.05, 0.1) is 10.8 Å². The fourth-order valence-corrected chi connectivity index (χ4v) is 4.71. The highest BCUT2D eigenvalue weighted by atomic mass is 32.2. The Labute approximate surface area is 119 Å². The summed E-state index contributed by atoms with van der Waals surface area (Å²) < 4.78 is 12.6. The van der Waals surface area contributed by atoms with Crippen molar-refractivity contribution in [3.63, 3.8) is 0 Å². The highest BCUT2D eigenvalue weighted by Crippen LogP contribution is 2.29. The van der Waals surface area contributed by atoms with E-state index in [0.29, 0.717) is 12.0 Å². The fraction of sp³-hybridized carbons (Fsp3) is 0.625. The van der Waals surface area contributed by atoms with Crippen molar-refractivity contribution in [2.24, 2.45) is 5.92 Å².